The Morgan fingerprint density at radius 3 is 2.42 bits per heavy atom. The van der Waals surface area contributed by atoms with Crippen LogP contribution in [0.3, 0.4) is 0 Å². The summed E-state index contributed by atoms with van der Waals surface area (Å²) in [5.41, 5.74) is -2.11. The van der Waals surface area contributed by atoms with E-state index in [1.807, 2.05) is 0 Å². The number of amides is 2. The number of hydrogen-bond acceptors (Lipinski definition) is 4. The molecule has 0 saturated heterocycles. The van der Waals surface area contributed by atoms with E-state index in [2.05, 4.69) is 5.10 Å². The van der Waals surface area contributed by atoms with Crippen molar-refractivity contribution >= 4 is 11.8 Å². The first-order valence-corrected chi connectivity index (χ1v) is 9.38. The number of halogens is 3. The molecule has 3 aromatic rings. The van der Waals surface area contributed by atoms with E-state index in [1.165, 1.54) is 61.4 Å². The molecule has 1 unspecified atom stereocenters. The Labute approximate surface area is 175 Å². The van der Waals surface area contributed by atoms with Gasteiger partial charge in [0.1, 0.15) is 6.54 Å². The fourth-order valence-corrected chi connectivity index (χ4v) is 3.86. The van der Waals surface area contributed by atoms with Gasteiger partial charge in [-0.25, -0.2) is 0 Å². The van der Waals surface area contributed by atoms with Gasteiger partial charge in [-0.1, -0.05) is 42.5 Å². The van der Waals surface area contributed by atoms with Gasteiger partial charge in [-0.15, -0.1) is 0 Å². The number of aliphatic hydroxyl groups is 1. The van der Waals surface area contributed by atoms with Crippen molar-refractivity contribution in [3.63, 3.8) is 0 Å². The van der Waals surface area contributed by atoms with E-state index in [4.69, 9.17) is 0 Å². The van der Waals surface area contributed by atoms with Crippen LogP contribution in [0.2, 0.25) is 0 Å². The van der Waals surface area contributed by atoms with E-state index >= 15 is 0 Å². The highest BCUT2D eigenvalue weighted by Crippen LogP contribution is 2.56. The fraction of sp³-hybridized carbons (Fsp3) is 0.227. The summed E-state index contributed by atoms with van der Waals surface area (Å²) in [5.74, 6) is -0.890. The molecular formula is C22H18F3N3O3. The van der Waals surface area contributed by atoms with Crippen LogP contribution in [0.25, 0.3) is 22.3 Å². The second-order valence-electron chi connectivity index (χ2n) is 7.38. The summed E-state index contributed by atoms with van der Waals surface area (Å²) in [6, 6.07) is 10.2. The van der Waals surface area contributed by atoms with Crippen molar-refractivity contribution in [2.45, 2.75) is 25.2 Å². The Kier molecular flexibility index (Phi) is 4.73. The van der Waals surface area contributed by atoms with Crippen LogP contribution in [0.5, 0.6) is 0 Å². The number of carbonyl (C=O) groups is 2. The van der Waals surface area contributed by atoms with Crippen LogP contribution in [0, 0.1) is 0 Å². The van der Waals surface area contributed by atoms with Crippen molar-refractivity contribution in [3.8, 4) is 22.3 Å². The Morgan fingerprint density at radius 1 is 1.10 bits per heavy atom. The fourth-order valence-electron chi connectivity index (χ4n) is 3.86. The lowest BCUT2D eigenvalue weighted by Crippen LogP contribution is -2.41. The topological polar surface area (TPSA) is 75.4 Å². The maximum Gasteiger partial charge on any atom is 0.425 e. The number of carbonyl (C=O) groups excluding carboxylic acids is 2. The van der Waals surface area contributed by atoms with Crippen LogP contribution >= 0.6 is 0 Å². The number of fused-ring (bicyclic) bond motifs is 3. The first kappa shape index (κ1) is 20.8. The maximum absolute atomic E-state index is 14.0. The summed E-state index contributed by atoms with van der Waals surface area (Å²) in [4.78, 5) is 24.4. The van der Waals surface area contributed by atoms with Crippen molar-refractivity contribution in [2.75, 3.05) is 7.05 Å². The average molecular weight is 429 g/mol. The summed E-state index contributed by atoms with van der Waals surface area (Å²) < 4.78 is 43.3. The Balaban J connectivity index is 1.81. The third-order valence-corrected chi connectivity index (χ3v) is 5.54. The van der Waals surface area contributed by atoms with E-state index in [0.29, 0.717) is 11.1 Å². The lowest BCUT2D eigenvalue weighted by Gasteiger charge is -2.28. The maximum atomic E-state index is 14.0. The molecule has 2 amide bonds. The second-order valence-corrected chi connectivity index (χ2v) is 7.38. The first-order chi connectivity index (χ1) is 14.6. The highest BCUT2D eigenvalue weighted by Gasteiger charge is 2.61. The molecule has 2 aromatic carbocycles. The van der Waals surface area contributed by atoms with E-state index in [0.717, 1.165) is 4.90 Å². The van der Waals surface area contributed by atoms with Crippen LogP contribution in [0.15, 0.2) is 54.9 Å². The van der Waals surface area contributed by atoms with E-state index in [-0.39, 0.29) is 28.8 Å². The van der Waals surface area contributed by atoms with Gasteiger partial charge in [0, 0.05) is 36.9 Å². The van der Waals surface area contributed by atoms with Crippen LogP contribution in [-0.2, 0) is 21.7 Å². The van der Waals surface area contributed by atoms with Crippen molar-refractivity contribution in [1.82, 2.24) is 14.7 Å². The molecule has 0 bridgehead atoms. The van der Waals surface area contributed by atoms with E-state index in [9.17, 15) is 27.9 Å². The minimum atomic E-state index is -4.92. The highest BCUT2D eigenvalue weighted by atomic mass is 19.4. The van der Waals surface area contributed by atoms with Gasteiger partial charge in [-0.05, 0) is 16.7 Å². The number of benzene rings is 2. The zero-order valence-electron chi connectivity index (χ0n) is 16.6. The van der Waals surface area contributed by atoms with Gasteiger partial charge in [0.15, 0.2) is 0 Å². The molecule has 1 aliphatic carbocycles. The Morgan fingerprint density at radius 2 is 1.74 bits per heavy atom. The van der Waals surface area contributed by atoms with Gasteiger partial charge >= 0.3 is 6.18 Å². The number of hydrogen-bond donors (Lipinski definition) is 1. The van der Waals surface area contributed by atoms with Gasteiger partial charge in [-0.2, -0.15) is 18.3 Å². The molecule has 0 radical (unpaired) electrons. The molecule has 1 N–H and O–H groups in total. The average Bonchev–Trinajstić information content (AvgIpc) is 3.29. The van der Waals surface area contributed by atoms with Gasteiger partial charge in [0.05, 0.1) is 6.20 Å². The summed E-state index contributed by atoms with van der Waals surface area (Å²) in [6.07, 6.45) is -1.96. The lowest BCUT2D eigenvalue weighted by atomic mass is 9.89. The number of nitrogens with zero attached hydrogens (tertiary/aromatic N) is 3. The zero-order valence-corrected chi connectivity index (χ0v) is 16.6. The summed E-state index contributed by atoms with van der Waals surface area (Å²) >= 11 is 0. The molecule has 1 heterocycles. The third-order valence-electron chi connectivity index (χ3n) is 5.54. The summed E-state index contributed by atoms with van der Waals surface area (Å²) in [6.45, 7) is 1.06. The molecule has 1 atom stereocenters. The minimum absolute atomic E-state index is 0.200. The van der Waals surface area contributed by atoms with Crippen LogP contribution in [0.4, 0.5) is 13.2 Å². The largest absolute Gasteiger partial charge is 0.425 e. The van der Waals surface area contributed by atoms with Crippen molar-refractivity contribution < 1.29 is 27.9 Å². The number of imide groups is 1. The molecule has 0 saturated carbocycles. The van der Waals surface area contributed by atoms with Gasteiger partial charge < -0.3 is 5.11 Å². The highest BCUT2D eigenvalue weighted by molar-refractivity contribution is 5.94. The Hall–Kier alpha value is -3.46. The van der Waals surface area contributed by atoms with Crippen molar-refractivity contribution in [1.29, 1.82) is 0 Å². The van der Waals surface area contributed by atoms with Crippen LogP contribution in [-0.4, -0.2) is 44.8 Å². The molecule has 31 heavy (non-hydrogen) atoms. The zero-order chi connectivity index (χ0) is 22.6. The predicted molar refractivity (Wildman–Crippen MR) is 106 cm³/mol. The van der Waals surface area contributed by atoms with E-state index < -0.39 is 23.6 Å². The number of likely N-dealkylation sites (N-methyl/N-ethyl adjacent to an activating group) is 1. The normalized spacial score (nSPS) is 17.2. The molecular weight excluding hydrogens is 411 g/mol. The monoisotopic (exact) mass is 429 g/mol. The first-order valence-electron chi connectivity index (χ1n) is 9.38. The molecule has 0 fully saturated rings. The number of rotatable bonds is 3. The number of aromatic nitrogens is 2. The molecule has 9 heteroatoms. The van der Waals surface area contributed by atoms with E-state index in [1.54, 1.807) is 12.1 Å². The third kappa shape index (κ3) is 3.12. The summed E-state index contributed by atoms with van der Waals surface area (Å²) in [7, 11) is 1.36. The molecule has 1 aromatic heterocycles. The van der Waals surface area contributed by atoms with Crippen LogP contribution < -0.4 is 0 Å². The molecule has 1 aliphatic rings. The van der Waals surface area contributed by atoms with Gasteiger partial charge in [0.25, 0.3) is 5.91 Å². The van der Waals surface area contributed by atoms with Gasteiger partial charge in [0.2, 0.25) is 11.5 Å². The number of alkyl halides is 3. The second kappa shape index (κ2) is 7.05. The quantitative estimate of drug-likeness (QED) is 0.693. The molecule has 4 rings (SSSR count). The Bertz CT molecular complexity index is 1200. The molecule has 0 spiro atoms. The minimum Gasteiger partial charge on any atom is -0.372 e. The SMILES string of the molecule is CC(=O)N(C)C(=O)Cn1cc(-c2cccc3c2-c2ccccc2C3(O)C(F)(F)F)cn1. The van der Waals surface area contributed by atoms with Crippen LogP contribution in [0.1, 0.15) is 18.1 Å². The van der Waals surface area contributed by atoms with Crippen molar-refractivity contribution in [3.05, 3.63) is 66.0 Å². The molecule has 160 valence electrons. The standard InChI is InChI=1S/C22H18F3N3O3/c1-13(29)27(2)19(30)12-28-11-14(10-26-28)15-7-5-9-18-20(15)16-6-3-4-8-17(16)21(18,31)22(23,24)25/h3-11,31H,12H2,1-2H3. The van der Waals surface area contributed by atoms with Crippen molar-refractivity contribution in [2.24, 2.45) is 0 Å². The lowest BCUT2D eigenvalue weighted by molar-refractivity contribution is -0.246. The van der Waals surface area contributed by atoms with Gasteiger partial charge in [-0.3, -0.25) is 19.2 Å². The molecule has 0 aliphatic heterocycles. The summed E-state index contributed by atoms with van der Waals surface area (Å²) in [5, 5.41) is 14.9. The smallest absolute Gasteiger partial charge is 0.372 e. The molecule has 6 nitrogen and oxygen atoms in total. The predicted octanol–water partition coefficient (Wildman–Crippen LogP) is 3.33.